The van der Waals surface area contributed by atoms with E-state index in [0.717, 1.165) is 6.42 Å². The molecule has 0 heterocycles. The average Bonchev–Trinajstić information content (AvgIpc) is 1.67. The van der Waals surface area contributed by atoms with Crippen molar-refractivity contribution >= 4 is 5.78 Å². The summed E-state index contributed by atoms with van der Waals surface area (Å²) >= 11 is 0. The maximum atomic E-state index is 10.7. The van der Waals surface area contributed by atoms with E-state index in [4.69, 9.17) is 0 Å². The summed E-state index contributed by atoms with van der Waals surface area (Å²) < 4.78 is 0. The molecular formula is C7H13O. The molecule has 1 radical (unpaired) electrons. The van der Waals surface area contributed by atoms with Crippen LogP contribution in [0.1, 0.15) is 26.7 Å². The normalized spacial score (nSPS) is 10.0. The standard InChI is InChI=1S/C7H13O/c1-4-5-7(8)6(2)3/h6H,2,4-5H2,1,3H3. The second-order valence-electron chi connectivity index (χ2n) is 2.12. The van der Waals surface area contributed by atoms with Crippen LogP contribution in [-0.2, 0) is 4.79 Å². The third kappa shape index (κ3) is 2.78. The van der Waals surface area contributed by atoms with Crippen molar-refractivity contribution in [3.8, 4) is 0 Å². The number of rotatable bonds is 3. The first kappa shape index (κ1) is 7.67. The van der Waals surface area contributed by atoms with Gasteiger partial charge in [0.25, 0.3) is 0 Å². The van der Waals surface area contributed by atoms with Crippen molar-refractivity contribution < 1.29 is 4.79 Å². The Morgan fingerprint density at radius 2 is 2.25 bits per heavy atom. The maximum Gasteiger partial charge on any atom is 0.135 e. The van der Waals surface area contributed by atoms with E-state index < -0.39 is 0 Å². The van der Waals surface area contributed by atoms with E-state index in [1.165, 1.54) is 0 Å². The van der Waals surface area contributed by atoms with Crippen molar-refractivity contribution in [2.24, 2.45) is 5.92 Å². The summed E-state index contributed by atoms with van der Waals surface area (Å²) in [5, 5.41) is 0. The number of carbonyl (C=O) groups excluding carboxylic acids is 1. The molecule has 0 aliphatic carbocycles. The molecule has 0 fully saturated rings. The summed E-state index contributed by atoms with van der Waals surface area (Å²) in [4.78, 5) is 10.7. The van der Waals surface area contributed by atoms with E-state index in [1.807, 2.05) is 13.8 Å². The lowest BCUT2D eigenvalue weighted by Gasteiger charge is -1.98. The number of hydrogen-bond donors (Lipinski definition) is 0. The van der Waals surface area contributed by atoms with Crippen LogP contribution in [0.15, 0.2) is 0 Å². The Morgan fingerprint density at radius 1 is 1.75 bits per heavy atom. The highest BCUT2D eigenvalue weighted by Gasteiger charge is 2.03. The molecular weight excluding hydrogens is 100 g/mol. The Kier molecular flexibility index (Phi) is 3.49. The Hall–Kier alpha value is -0.330. The maximum absolute atomic E-state index is 10.7. The molecule has 0 rings (SSSR count). The Balaban J connectivity index is 3.33. The van der Waals surface area contributed by atoms with Gasteiger partial charge in [0.15, 0.2) is 0 Å². The van der Waals surface area contributed by atoms with E-state index in [-0.39, 0.29) is 11.7 Å². The van der Waals surface area contributed by atoms with Gasteiger partial charge < -0.3 is 0 Å². The van der Waals surface area contributed by atoms with Gasteiger partial charge in [0.05, 0.1) is 0 Å². The lowest BCUT2D eigenvalue weighted by Crippen LogP contribution is -2.05. The smallest absolute Gasteiger partial charge is 0.135 e. The lowest BCUT2D eigenvalue weighted by atomic mass is 10.1. The summed E-state index contributed by atoms with van der Waals surface area (Å²) in [6, 6.07) is 0. The predicted octanol–water partition coefficient (Wildman–Crippen LogP) is 1.83. The molecule has 0 aliphatic heterocycles. The molecule has 0 spiro atoms. The van der Waals surface area contributed by atoms with Gasteiger partial charge in [0.2, 0.25) is 0 Å². The average molecular weight is 113 g/mol. The van der Waals surface area contributed by atoms with E-state index in [1.54, 1.807) is 0 Å². The summed E-state index contributed by atoms with van der Waals surface area (Å²) in [7, 11) is 0. The van der Waals surface area contributed by atoms with Gasteiger partial charge in [0.1, 0.15) is 5.78 Å². The second-order valence-corrected chi connectivity index (χ2v) is 2.12. The molecule has 1 atom stereocenters. The molecule has 0 bridgehead atoms. The minimum atomic E-state index is -0.0186. The summed E-state index contributed by atoms with van der Waals surface area (Å²) in [6.07, 6.45) is 1.63. The third-order valence-corrected chi connectivity index (χ3v) is 1.05. The highest BCUT2D eigenvalue weighted by Crippen LogP contribution is 1.99. The number of ketones is 1. The lowest BCUT2D eigenvalue weighted by molar-refractivity contribution is -0.121. The van der Waals surface area contributed by atoms with E-state index in [0.29, 0.717) is 6.42 Å². The molecule has 1 unspecified atom stereocenters. The van der Waals surface area contributed by atoms with Gasteiger partial charge in [0, 0.05) is 12.3 Å². The molecule has 0 aliphatic rings. The van der Waals surface area contributed by atoms with Crippen molar-refractivity contribution in [3.63, 3.8) is 0 Å². The topological polar surface area (TPSA) is 17.1 Å². The molecule has 0 aromatic heterocycles. The molecule has 0 saturated carbocycles. The first-order valence-electron chi connectivity index (χ1n) is 3.04. The van der Waals surface area contributed by atoms with Gasteiger partial charge in [-0.3, -0.25) is 4.79 Å². The molecule has 8 heavy (non-hydrogen) atoms. The fraction of sp³-hybridized carbons (Fsp3) is 0.714. The Bertz CT molecular complexity index is 74.5. The molecule has 0 aromatic rings. The van der Waals surface area contributed by atoms with E-state index in [9.17, 15) is 4.79 Å². The van der Waals surface area contributed by atoms with Crippen LogP contribution in [-0.4, -0.2) is 5.78 Å². The largest absolute Gasteiger partial charge is 0.299 e. The van der Waals surface area contributed by atoms with Crippen LogP contribution in [0.3, 0.4) is 0 Å². The zero-order valence-corrected chi connectivity index (χ0v) is 5.61. The molecule has 0 amide bonds. The van der Waals surface area contributed by atoms with Gasteiger partial charge >= 0.3 is 0 Å². The number of carbonyl (C=O) groups is 1. The summed E-state index contributed by atoms with van der Waals surface area (Å²) in [6.45, 7) is 7.44. The number of Topliss-reactive ketones (excluding diaryl/α,β-unsaturated/α-hetero) is 1. The minimum absolute atomic E-state index is 0.0186. The first-order valence-corrected chi connectivity index (χ1v) is 3.04. The van der Waals surface area contributed by atoms with Crippen LogP contribution in [0.4, 0.5) is 0 Å². The SMILES string of the molecule is [CH2]C(C)C(=O)CCC. The molecule has 47 valence electrons. The van der Waals surface area contributed by atoms with Crippen LogP contribution in [0, 0.1) is 12.8 Å². The molecule has 0 aromatic carbocycles. The van der Waals surface area contributed by atoms with Gasteiger partial charge in [-0.05, 0) is 13.3 Å². The fourth-order valence-corrected chi connectivity index (χ4v) is 0.493. The quantitative estimate of drug-likeness (QED) is 0.545. The van der Waals surface area contributed by atoms with Crippen molar-refractivity contribution in [1.29, 1.82) is 0 Å². The Labute approximate surface area is 51.1 Å². The zero-order chi connectivity index (χ0) is 6.57. The van der Waals surface area contributed by atoms with Gasteiger partial charge in [-0.25, -0.2) is 0 Å². The predicted molar refractivity (Wildman–Crippen MR) is 34.4 cm³/mol. The van der Waals surface area contributed by atoms with Gasteiger partial charge in [-0.2, -0.15) is 0 Å². The monoisotopic (exact) mass is 113 g/mol. The molecule has 0 N–H and O–H groups in total. The highest BCUT2D eigenvalue weighted by atomic mass is 16.1. The van der Waals surface area contributed by atoms with Gasteiger partial charge in [-0.1, -0.05) is 13.8 Å². The van der Waals surface area contributed by atoms with Gasteiger partial charge in [-0.15, -0.1) is 0 Å². The van der Waals surface area contributed by atoms with Crippen molar-refractivity contribution in [2.45, 2.75) is 26.7 Å². The second kappa shape index (κ2) is 3.65. The fourth-order valence-electron chi connectivity index (χ4n) is 0.493. The zero-order valence-electron chi connectivity index (χ0n) is 5.61. The number of hydrogen-bond acceptors (Lipinski definition) is 1. The summed E-state index contributed by atoms with van der Waals surface area (Å²) in [5.74, 6) is 0.252. The van der Waals surface area contributed by atoms with Crippen molar-refractivity contribution in [1.82, 2.24) is 0 Å². The molecule has 0 saturated heterocycles. The van der Waals surface area contributed by atoms with Crippen LogP contribution >= 0.6 is 0 Å². The van der Waals surface area contributed by atoms with Crippen LogP contribution in [0.25, 0.3) is 0 Å². The van der Waals surface area contributed by atoms with Crippen molar-refractivity contribution in [2.75, 3.05) is 0 Å². The van der Waals surface area contributed by atoms with Crippen LogP contribution in [0.2, 0.25) is 0 Å². The van der Waals surface area contributed by atoms with Crippen molar-refractivity contribution in [3.05, 3.63) is 6.92 Å². The van der Waals surface area contributed by atoms with E-state index in [2.05, 4.69) is 6.92 Å². The molecule has 1 nitrogen and oxygen atoms in total. The van der Waals surface area contributed by atoms with E-state index >= 15 is 0 Å². The van der Waals surface area contributed by atoms with Crippen LogP contribution < -0.4 is 0 Å². The summed E-state index contributed by atoms with van der Waals surface area (Å²) in [5.41, 5.74) is 0. The first-order chi connectivity index (χ1) is 3.68. The highest BCUT2D eigenvalue weighted by molar-refractivity contribution is 5.81. The third-order valence-electron chi connectivity index (χ3n) is 1.05. The Morgan fingerprint density at radius 3 is 2.38 bits per heavy atom. The van der Waals surface area contributed by atoms with Crippen LogP contribution in [0.5, 0.6) is 0 Å². The molecule has 1 heteroatoms. The minimum Gasteiger partial charge on any atom is -0.299 e.